The van der Waals surface area contributed by atoms with Gasteiger partial charge in [-0.3, -0.25) is 0 Å². The van der Waals surface area contributed by atoms with Crippen molar-refractivity contribution in [3.63, 3.8) is 0 Å². The molecule has 1 heterocycles. The minimum atomic E-state index is -0.0252. The zero-order chi connectivity index (χ0) is 11.4. The van der Waals surface area contributed by atoms with Gasteiger partial charge in [-0.1, -0.05) is 30.3 Å². The maximum Gasteiger partial charge on any atom is 0.194 e. The van der Waals surface area contributed by atoms with Gasteiger partial charge in [-0.25, -0.2) is 4.99 Å². The second kappa shape index (κ2) is 4.91. The summed E-state index contributed by atoms with van der Waals surface area (Å²) in [6.07, 6.45) is 0. The van der Waals surface area contributed by atoms with Gasteiger partial charge >= 0.3 is 0 Å². The lowest BCUT2D eigenvalue weighted by Crippen LogP contribution is -2.17. The van der Waals surface area contributed by atoms with E-state index in [1.165, 1.54) is 5.56 Å². The zero-order valence-corrected chi connectivity index (χ0v) is 10.6. The number of benzene rings is 1. The molecule has 1 aromatic carbocycles. The van der Waals surface area contributed by atoms with E-state index in [-0.39, 0.29) is 5.54 Å². The quantitative estimate of drug-likeness (QED) is 0.799. The Labute approximate surface area is 101 Å². The number of hydrogen-bond acceptors (Lipinski definition) is 3. The lowest BCUT2D eigenvalue weighted by Gasteiger charge is -2.07. The smallest absolute Gasteiger partial charge is 0.194 e. The number of nitrogens with zero attached hydrogens (tertiary/aromatic N) is 1. The summed E-state index contributed by atoms with van der Waals surface area (Å²) in [5.41, 5.74) is 1.33. The molecule has 0 aromatic heterocycles. The molecule has 0 unspecified atom stereocenters. The number of ether oxygens (including phenoxy) is 1. The highest BCUT2D eigenvalue weighted by Crippen LogP contribution is 2.20. The van der Waals surface area contributed by atoms with E-state index < -0.39 is 0 Å². The molecule has 16 heavy (non-hydrogen) atoms. The first-order valence-corrected chi connectivity index (χ1v) is 6.64. The van der Waals surface area contributed by atoms with E-state index in [1.54, 1.807) is 0 Å². The van der Waals surface area contributed by atoms with Crippen LogP contribution in [0.25, 0.3) is 0 Å². The molecular weight excluding hydrogens is 218 g/mol. The topological polar surface area (TPSA) is 21.6 Å². The van der Waals surface area contributed by atoms with Gasteiger partial charge in [0.25, 0.3) is 0 Å². The molecule has 1 aromatic rings. The second-order valence-corrected chi connectivity index (χ2v) is 5.57. The lowest BCUT2D eigenvalue weighted by molar-refractivity contribution is 0.278. The minimum absolute atomic E-state index is 0.0252. The van der Waals surface area contributed by atoms with E-state index in [9.17, 15) is 0 Å². The number of rotatable bonds is 4. The zero-order valence-electron chi connectivity index (χ0n) is 9.77. The van der Waals surface area contributed by atoms with E-state index in [4.69, 9.17) is 4.74 Å². The summed E-state index contributed by atoms with van der Waals surface area (Å²) in [5, 5.41) is 0. The Balaban J connectivity index is 1.77. The van der Waals surface area contributed by atoms with Gasteiger partial charge in [-0.05, 0) is 19.4 Å². The van der Waals surface area contributed by atoms with Crippen molar-refractivity contribution in [1.29, 1.82) is 0 Å². The molecule has 0 fully saturated rings. The van der Waals surface area contributed by atoms with E-state index in [0.29, 0.717) is 6.61 Å². The average Bonchev–Trinajstić information content (AvgIpc) is 2.60. The summed E-state index contributed by atoms with van der Waals surface area (Å²) in [4.78, 5) is 4.53. The highest BCUT2D eigenvalue weighted by Gasteiger charge is 2.25. The van der Waals surface area contributed by atoms with Crippen LogP contribution in [0.2, 0.25) is 0 Å². The SMILES string of the molecule is CC1(C)COC(CSCc2ccccc2)=N1. The Morgan fingerprint density at radius 3 is 2.62 bits per heavy atom. The summed E-state index contributed by atoms with van der Waals surface area (Å²) >= 11 is 1.85. The van der Waals surface area contributed by atoms with E-state index in [1.807, 2.05) is 17.8 Å². The standard InChI is InChI=1S/C13H17NOS/c1-13(2)10-15-12(14-13)9-16-8-11-6-4-3-5-7-11/h3-7H,8-10H2,1-2H3. The highest BCUT2D eigenvalue weighted by atomic mass is 32.2. The van der Waals surface area contributed by atoms with Crippen LogP contribution in [0.4, 0.5) is 0 Å². The highest BCUT2D eigenvalue weighted by molar-refractivity contribution is 7.99. The maximum atomic E-state index is 5.54. The predicted molar refractivity (Wildman–Crippen MR) is 70.1 cm³/mol. The Hall–Kier alpha value is -0.960. The normalized spacial score (nSPS) is 18.0. The average molecular weight is 235 g/mol. The first-order valence-electron chi connectivity index (χ1n) is 5.49. The van der Waals surface area contributed by atoms with E-state index in [0.717, 1.165) is 17.4 Å². The van der Waals surface area contributed by atoms with E-state index >= 15 is 0 Å². The van der Waals surface area contributed by atoms with Crippen LogP contribution in [0.5, 0.6) is 0 Å². The Morgan fingerprint density at radius 1 is 1.25 bits per heavy atom. The molecule has 0 aliphatic carbocycles. The molecular formula is C13H17NOS. The Kier molecular flexibility index (Phi) is 3.54. The van der Waals surface area contributed by atoms with Crippen molar-refractivity contribution in [3.8, 4) is 0 Å². The van der Waals surface area contributed by atoms with Gasteiger partial charge in [0.2, 0.25) is 0 Å². The molecule has 0 N–H and O–H groups in total. The molecule has 0 atom stereocenters. The Bertz CT molecular complexity index is 373. The third-order valence-corrected chi connectivity index (χ3v) is 3.34. The van der Waals surface area contributed by atoms with Crippen LogP contribution in [0.15, 0.2) is 35.3 Å². The summed E-state index contributed by atoms with van der Waals surface area (Å²) in [6, 6.07) is 10.5. The second-order valence-electron chi connectivity index (χ2n) is 4.59. The third kappa shape index (κ3) is 3.27. The van der Waals surface area contributed by atoms with Gasteiger partial charge in [-0.15, -0.1) is 11.8 Å². The van der Waals surface area contributed by atoms with Crippen LogP contribution in [0, 0.1) is 0 Å². The number of hydrogen-bond donors (Lipinski definition) is 0. The molecule has 0 saturated carbocycles. The van der Waals surface area contributed by atoms with Crippen molar-refractivity contribution in [2.45, 2.75) is 25.1 Å². The Morgan fingerprint density at radius 2 is 2.00 bits per heavy atom. The maximum absolute atomic E-state index is 5.54. The van der Waals surface area contributed by atoms with Crippen molar-refractivity contribution in [2.75, 3.05) is 12.4 Å². The van der Waals surface area contributed by atoms with Crippen LogP contribution < -0.4 is 0 Å². The fraction of sp³-hybridized carbons (Fsp3) is 0.462. The van der Waals surface area contributed by atoms with Crippen LogP contribution >= 0.6 is 11.8 Å². The first kappa shape index (κ1) is 11.5. The minimum Gasteiger partial charge on any atom is -0.478 e. The largest absolute Gasteiger partial charge is 0.478 e. The van der Waals surface area contributed by atoms with Crippen LogP contribution in [-0.4, -0.2) is 23.8 Å². The van der Waals surface area contributed by atoms with Crippen LogP contribution in [0.1, 0.15) is 19.4 Å². The van der Waals surface area contributed by atoms with E-state index in [2.05, 4.69) is 43.1 Å². The van der Waals surface area contributed by atoms with Crippen LogP contribution in [-0.2, 0) is 10.5 Å². The van der Waals surface area contributed by atoms with Crippen molar-refractivity contribution >= 4 is 17.7 Å². The van der Waals surface area contributed by atoms with Gasteiger partial charge in [0, 0.05) is 5.75 Å². The third-order valence-electron chi connectivity index (χ3n) is 2.36. The first-order chi connectivity index (χ1) is 7.66. The monoisotopic (exact) mass is 235 g/mol. The summed E-state index contributed by atoms with van der Waals surface area (Å²) in [7, 11) is 0. The summed E-state index contributed by atoms with van der Waals surface area (Å²) in [6.45, 7) is 4.91. The molecule has 1 aliphatic heterocycles. The molecule has 2 nitrogen and oxygen atoms in total. The summed E-state index contributed by atoms with van der Waals surface area (Å²) < 4.78 is 5.54. The number of thioether (sulfide) groups is 1. The molecule has 0 amide bonds. The number of aliphatic imine (C=N–C) groups is 1. The lowest BCUT2D eigenvalue weighted by atomic mass is 10.1. The van der Waals surface area contributed by atoms with Crippen molar-refractivity contribution in [1.82, 2.24) is 0 Å². The molecule has 0 spiro atoms. The van der Waals surface area contributed by atoms with Gasteiger partial charge in [0.1, 0.15) is 6.61 Å². The van der Waals surface area contributed by atoms with Crippen LogP contribution in [0.3, 0.4) is 0 Å². The molecule has 3 heteroatoms. The van der Waals surface area contributed by atoms with Gasteiger partial charge in [0.05, 0.1) is 11.3 Å². The van der Waals surface area contributed by atoms with Crippen molar-refractivity contribution < 1.29 is 4.74 Å². The fourth-order valence-corrected chi connectivity index (χ4v) is 2.42. The fourth-order valence-electron chi connectivity index (χ4n) is 1.57. The molecule has 0 radical (unpaired) electrons. The van der Waals surface area contributed by atoms with Crippen molar-refractivity contribution in [2.24, 2.45) is 4.99 Å². The van der Waals surface area contributed by atoms with Gasteiger partial charge in [-0.2, -0.15) is 0 Å². The molecule has 0 bridgehead atoms. The molecule has 86 valence electrons. The summed E-state index contributed by atoms with van der Waals surface area (Å²) in [5.74, 6) is 2.79. The molecule has 1 aliphatic rings. The van der Waals surface area contributed by atoms with Gasteiger partial charge < -0.3 is 4.74 Å². The van der Waals surface area contributed by atoms with Crippen molar-refractivity contribution in [3.05, 3.63) is 35.9 Å². The molecule has 0 saturated heterocycles. The molecule has 2 rings (SSSR count). The van der Waals surface area contributed by atoms with Gasteiger partial charge in [0.15, 0.2) is 5.90 Å². The predicted octanol–water partition coefficient (Wildman–Crippen LogP) is 3.13.